The molecule has 1 aromatic heterocycles. The number of benzene rings is 1. The average molecular weight is 412 g/mol. The van der Waals surface area contributed by atoms with Gasteiger partial charge in [-0.15, -0.1) is 0 Å². The zero-order valence-corrected chi connectivity index (χ0v) is 17.5. The van der Waals surface area contributed by atoms with Gasteiger partial charge >= 0.3 is 5.97 Å². The van der Waals surface area contributed by atoms with Crippen molar-refractivity contribution in [2.45, 2.75) is 55.0 Å². The summed E-state index contributed by atoms with van der Waals surface area (Å²) in [5.74, 6) is -0.317. The lowest BCUT2D eigenvalue weighted by Crippen LogP contribution is -2.35. The van der Waals surface area contributed by atoms with Gasteiger partial charge in [0.1, 0.15) is 5.25 Å². The fraction of sp³-hybridized carbons (Fsp3) is 0.556. The lowest BCUT2D eigenvalue weighted by atomic mass is 10.2. The minimum absolute atomic E-state index is 0.273. The van der Waals surface area contributed by atoms with E-state index in [1.165, 1.54) is 18.9 Å². The molecule has 2 aromatic rings. The van der Waals surface area contributed by atoms with Gasteiger partial charge in [0.15, 0.2) is 5.16 Å². The Labute approximate surface area is 164 Å². The Kier molecular flexibility index (Phi) is 6.12. The normalized spacial score (nSPS) is 17.1. The monoisotopic (exact) mass is 411 g/mol. The van der Waals surface area contributed by atoms with Crippen molar-refractivity contribution in [3.05, 3.63) is 18.2 Å². The minimum Gasteiger partial charge on any atom is -0.468 e. The highest BCUT2D eigenvalue weighted by molar-refractivity contribution is 8.00. The number of hydrogen-bond acceptors (Lipinski definition) is 6. The molecule has 1 aliphatic rings. The Morgan fingerprint density at radius 2 is 2.00 bits per heavy atom. The molecule has 0 bridgehead atoms. The highest BCUT2D eigenvalue weighted by Gasteiger charge is 2.27. The molecule has 1 aliphatic heterocycles. The number of carbonyl (C=O) groups is 1. The van der Waals surface area contributed by atoms with E-state index >= 15 is 0 Å². The van der Waals surface area contributed by atoms with Crippen LogP contribution in [-0.4, -0.2) is 53.7 Å². The summed E-state index contributed by atoms with van der Waals surface area (Å²) in [4.78, 5) is 16.6. The molecule has 0 saturated carbocycles. The Hall–Kier alpha value is -1.58. The topological polar surface area (TPSA) is 81.5 Å². The number of hydrogen-bond donors (Lipinski definition) is 0. The first-order chi connectivity index (χ1) is 12.9. The predicted octanol–water partition coefficient (Wildman–Crippen LogP) is 2.88. The Bertz CT molecular complexity index is 933. The molecule has 0 N–H and O–H groups in total. The summed E-state index contributed by atoms with van der Waals surface area (Å²) < 4.78 is 34.2. The van der Waals surface area contributed by atoms with Crippen molar-refractivity contribution in [1.29, 1.82) is 0 Å². The first-order valence-electron chi connectivity index (χ1n) is 9.13. The number of rotatable bonds is 6. The summed E-state index contributed by atoms with van der Waals surface area (Å²) in [7, 11) is -2.14. The highest BCUT2D eigenvalue weighted by atomic mass is 32.2. The van der Waals surface area contributed by atoms with E-state index in [2.05, 4.69) is 4.98 Å². The SMILES string of the molecule is CCn1c(S[C@@H](C)C(=O)OC)nc2cc(S(=O)(=O)N3CCCCC3)ccc21. The number of ether oxygens (including phenoxy) is 1. The van der Waals surface area contributed by atoms with Crippen molar-refractivity contribution in [1.82, 2.24) is 13.9 Å². The van der Waals surface area contributed by atoms with Gasteiger partial charge in [-0.1, -0.05) is 18.2 Å². The van der Waals surface area contributed by atoms with Gasteiger partial charge in [0, 0.05) is 19.6 Å². The number of sulfonamides is 1. The van der Waals surface area contributed by atoms with E-state index in [1.807, 2.05) is 11.5 Å². The molecule has 2 heterocycles. The van der Waals surface area contributed by atoms with Gasteiger partial charge in [0.2, 0.25) is 10.0 Å². The second kappa shape index (κ2) is 8.20. The van der Waals surface area contributed by atoms with E-state index in [9.17, 15) is 13.2 Å². The van der Waals surface area contributed by atoms with Gasteiger partial charge in [-0.2, -0.15) is 4.31 Å². The van der Waals surface area contributed by atoms with Crippen molar-refractivity contribution in [3.63, 3.8) is 0 Å². The maximum Gasteiger partial charge on any atom is 0.318 e. The molecule has 0 radical (unpaired) electrons. The zero-order chi connectivity index (χ0) is 19.6. The first-order valence-corrected chi connectivity index (χ1v) is 11.5. The fourth-order valence-electron chi connectivity index (χ4n) is 3.27. The Morgan fingerprint density at radius 1 is 1.30 bits per heavy atom. The zero-order valence-electron chi connectivity index (χ0n) is 15.8. The number of methoxy groups -OCH3 is 1. The van der Waals surface area contributed by atoms with Gasteiger partial charge in [-0.05, 0) is 44.9 Å². The van der Waals surface area contributed by atoms with Gasteiger partial charge in [0.25, 0.3) is 0 Å². The first kappa shape index (κ1) is 20.2. The fourth-order valence-corrected chi connectivity index (χ4v) is 5.82. The van der Waals surface area contributed by atoms with E-state index < -0.39 is 15.3 Å². The summed E-state index contributed by atoms with van der Waals surface area (Å²) in [5, 5.41) is 0.284. The third kappa shape index (κ3) is 4.00. The second-order valence-electron chi connectivity index (χ2n) is 6.54. The highest BCUT2D eigenvalue weighted by Crippen LogP contribution is 2.30. The molecule has 148 valence electrons. The third-order valence-electron chi connectivity index (χ3n) is 4.77. The molecular formula is C18H25N3O4S2. The van der Waals surface area contributed by atoms with Crippen LogP contribution in [0.3, 0.4) is 0 Å². The number of aryl methyl sites for hydroxylation is 1. The number of esters is 1. The molecule has 3 rings (SSSR count). The summed E-state index contributed by atoms with van der Waals surface area (Å²) in [6.45, 7) is 5.57. The third-order valence-corrected chi connectivity index (χ3v) is 7.73. The van der Waals surface area contributed by atoms with Crippen LogP contribution in [0, 0.1) is 0 Å². The summed E-state index contributed by atoms with van der Waals surface area (Å²) >= 11 is 1.31. The molecule has 27 heavy (non-hydrogen) atoms. The quantitative estimate of drug-likeness (QED) is 0.537. The molecular weight excluding hydrogens is 386 g/mol. The van der Waals surface area contributed by atoms with Crippen LogP contribution in [0.4, 0.5) is 0 Å². The van der Waals surface area contributed by atoms with E-state index in [0.717, 1.165) is 24.8 Å². The van der Waals surface area contributed by atoms with Crippen LogP contribution < -0.4 is 0 Å². The van der Waals surface area contributed by atoms with Gasteiger partial charge in [-0.25, -0.2) is 13.4 Å². The molecule has 0 aliphatic carbocycles. The van der Waals surface area contributed by atoms with Crippen molar-refractivity contribution in [2.75, 3.05) is 20.2 Å². The average Bonchev–Trinajstić information content (AvgIpc) is 3.03. The van der Waals surface area contributed by atoms with E-state index in [1.54, 1.807) is 29.4 Å². The maximum atomic E-state index is 12.9. The van der Waals surface area contributed by atoms with Gasteiger partial charge in [0.05, 0.1) is 23.0 Å². The number of nitrogens with zero attached hydrogens (tertiary/aromatic N) is 3. The predicted molar refractivity (Wildman–Crippen MR) is 105 cm³/mol. The van der Waals surface area contributed by atoms with Crippen molar-refractivity contribution in [3.8, 4) is 0 Å². The van der Waals surface area contributed by atoms with Crippen LogP contribution in [0.25, 0.3) is 11.0 Å². The van der Waals surface area contributed by atoms with Gasteiger partial charge in [-0.3, -0.25) is 4.79 Å². The van der Waals surface area contributed by atoms with Crippen molar-refractivity contribution >= 4 is 38.8 Å². The standard InChI is InChI=1S/C18H25N3O4S2/c1-4-21-16-9-8-14(27(23,24)20-10-6-5-7-11-20)12-15(16)19-18(21)26-13(2)17(22)25-3/h8-9,12-13H,4-7,10-11H2,1-3H3/t13-/m0/s1. The lowest BCUT2D eigenvalue weighted by molar-refractivity contribution is -0.139. The Balaban J connectivity index is 1.97. The lowest BCUT2D eigenvalue weighted by Gasteiger charge is -2.25. The number of imidazole rings is 1. The number of piperidine rings is 1. The summed E-state index contributed by atoms with van der Waals surface area (Å²) in [6.07, 6.45) is 2.88. The van der Waals surface area contributed by atoms with Crippen LogP contribution in [0.15, 0.2) is 28.3 Å². The van der Waals surface area contributed by atoms with Gasteiger partial charge < -0.3 is 9.30 Å². The molecule has 1 atom stereocenters. The molecule has 0 spiro atoms. The number of carbonyl (C=O) groups excluding carboxylic acids is 1. The molecule has 1 fully saturated rings. The van der Waals surface area contributed by atoms with Crippen LogP contribution in [0.5, 0.6) is 0 Å². The van der Waals surface area contributed by atoms with Crippen molar-refractivity contribution in [2.24, 2.45) is 0 Å². The molecule has 0 unspecified atom stereocenters. The largest absolute Gasteiger partial charge is 0.468 e. The molecule has 9 heteroatoms. The Morgan fingerprint density at radius 3 is 2.63 bits per heavy atom. The number of fused-ring (bicyclic) bond motifs is 1. The van der Waals surface area contributed by atoms with E-state index in [-0.39, 0.29) is 10.9 Å². The second-order valence-corrected chi connectivity index (χ2v) is 9.78. The summed E-state index contributed by atoms with van der Waals surface area (Å²) in [5.41, 5.74) is 1.48. The number of aromatic nitrogens is 2. The van der Waals surface area contributed by atoms with Crippen LogP contribution in [0.1, 0.15) is 33.1 Å². The maximum absolute atomic E-state index is 12.9. The number of thioether (sulfide) groups is 1. The van der Waals surface area contributed by atoms with Crippen molar-refractivity contribution < 1.29 is 17.9 Å². The van der Waals surface area contributed by atoms with Crippen LogP contribution >= 0.6 is 11.8 Å². The molecule has 0 amide bonds. The van der Waals surface area contributed by atoms with E-state index in [4.69, 9.17) is 4.74 Å². The molecule has 7 nitrogen and oxygen atoms in total. The molecule has 1 saturated heterocycles. The molecule has 1 aromatic carbocycles. The minimum atomic E-state index is -3.50. The van der Waals surface area contributed by atoms with E-state index in [0.29, 0.717) is 30.3 Å². The summed E-state index contributed by atoms with van der Waals surface area (Å²) in [6, 6.07) is 5.09. The van der Waals surface area contributed by atoms with Crippen LogP contribution in [-0.2, 0) is 26.1 Å². The smallest absolute Gasteiger partial charge is 0.318 e. The van der Waals surface area contributed by atoms with Crippen LogP contribution in [0.2, 0.25) is 0 Å².